The zero-order chi connectivity index (χ0) is 17.1. The number of nitrogens with one attached hydrogen (secondary N) is 1. The minimum Gasteiger partial charge on any atom is -0.480 e. The minimum absolute atomic E-state index is 0.0396. The SMILES string of the molecule is CC1CCC(C(=O)NC(Cc2csc3ccccc23)C(=O)O)CC1. The van der Waals surface area contributed by atoms with Crippen LogP contribution in [0.2, 0.25) is 0 Å². The van der Waals surface area contributed by atoms with Gasteiger partial charge in [-0.1, -0.05) is 25.1 Å². The van der Waals surface area contributed by atoms with E-state index in [-0.39, 0.29) is 11.8 Å². The lowest BCUT2D eigenvalue weighted by molar-refractivity contribution is -0.142. The Kier molecular flexibility index (Phi) is 5.19. The number of hydrogen-bond acceptors (Lipinski definition) is 3. The molecule has 0 radical (unpaired) electrons. The molecule has 5 heteroatoms. The maximum atomic E-state index is 12.4. The summed E-state index contributed by atoms with van der Waals surface area (Å²) >= 11 is 1.61. The first-order valence-electron chi connectivity index (χ1n) is 8.53. The molecule has 2 N–H and O–H groups in total. The second-order valence-electron chi connectivity index (χ2n) is 6.82. The van der Waals surface area contributed by atoms with E-state index in [0.29, 0.717) is 12.3 Å². The van der Waals surface area contributed by atoms with Crippen LogP contribution in [-0.4, -0.2) is 23.0 Å². The number of carboxylic acids is 1. The van der Waals surface area contributed by atoms with Crippen molar-refractivity contribution >= 4 is 33.3 Å². The molecule has 3 rings (SSSR count). The monoisotopic (exact) mass is 345 g/mol. The molecule has 1 aliphatic carbocycles. The number of thiophene rings is 1. The summed E-state index contributed by atoms with van der Waals surface area (Å²) in [5.41, 5.74) is 0.987. The van der Waals surface area contributed by atoms with E-state index in [9.17, 15) is 14.7 Å². The highest BCUT2D eigenvalue weighted by molar-refractivity contribution is 7.17. The molecule has 1 aromatic carbocycles. The van der Waals surface area contributed by atoms with Crippen LogP contribution in [0.25, 0.3) is 10.1 Å². The van der Waals surface area contributed by atoms with Crippen LogP contribution in [-0.2, 0) is 16.0 Å². The standard InChI is InChI=1S/C19H23NO3S/c1-12-6-8-13(9-7-12)18(21)20-16(19(22)23)10-14-11-24-17-5-3-2-4-15(14)17/h2-5,11-13,16H,6-10H2,1H3,(H,20,21)(H,22,23). The van der Waals surface area contributed by atoms with Gasteiger partial charge in [-0.2, -0.15) is 0 Å². The van der Waals surface area contributed by atoms with Crippen LogP contribution in [0.1, 0.15) is 38.2 Å². The minimum atomic E-state index is -0.970. The number of fused-ring (bicyclic) bond motifs is 1. The van der Waals surface area contributed by atoms with Crippen LogP contribution < -0.4 is 5.32 Å². The van der Waals surface area contributed by atoms with Crippen molar-refractivity contribution in [1.82, 2.24) is 5.32 Å². The Hall–Kier alpha value is -1.88. The quantitative estimate of drug-likeness (QED) is 0.865. The first-order chi connectivity index (χ1) is 11.5. The van der Waals surface area contributed by atoms with Crippen molar-refractivity contribution in [3.8, 4) is 0 Å². The molecule has 1 fully saturated rings. The van der Waals surface area contributed by atoms with Crippen molar-refractivity contribution in [2.24, 2.45) is 11.8 Å². The predicted molar refractivity (Wildman–Crippen MR) is 96.2 cm³/mol. The first kappa shape index (κ1) is 17.0. The second kappa shape index (κ2) is 7.34. The van der Waals surface area contributed by atoms with Gasteiger partial charge >= 0.3 is 5.97 Å². The molecule has 24 heavy (non-hydrogen) atoms. The number of carboxylic acid groups (broad SMARTS) is 1. The molecule has 128 valence electrons. The number of aliphatic carboxylic acids is 1. The van der Waals surface area contributed by atoms with Gasteiger partial charge < -0.3 is 10.4 Å². The summed E-state index contributed by atoms with van der Waals surface area (Å²) in [6.45, 7) is 2.20. The van der Waals surface area contributed by atoms with Gasteiger partial charge in [0.05, 0.1) is 0 Å². The molecule has 1 aromatic heterocycles. The first-order valence-corrected chi connectivity index (χ1v) is 9.41. The van der Waals surface area contributed by atoms with Crippen molar-refractivity contribution in [3.63, 3.8) is 0 Å². The highest BCUT2D eigenvalue weighted by Crippen LogP contribution is 2.29. The van der Waals surface area contributed by atoms with E-state index in [1.807, 2.05) is 29.6 Å². The fraction of sp³-hybridized carbons (Fsp3) is 0.474. The lowest BCUT2D eigenvalue weighted by Crippen LogP contribution is -2.45. The van der Waals surface area contributed by atoms with E-state index < -0.39 is 12.0 Å². The van der Waals surface area contributed by atoms with Crippen molar-refractivity contribution in [1.29, 1.82) is 0 Å². The highest BCUT2D eigenvalue weighted by Gasteiger charge is 2.28. The molecule has 2 aromatic rings. The summed E-state index contributed by atoms with van der Waals surface area (Å²) in [5, 5.41) is 15.4. The van der Waals surface area contributed by atoms with E-state index in [0.717, 1.165) is 41.3 Å². The van der Waals surface area contributed by atoms with Crippen LogP contribution in [0.4, 0.5) is 0 Å². The van der Waals surface area contributed by atoms with Gasteiger partial charge in [0.25, 0.3) is 0 Å². The zero-order valence-corrected chi connectivity index (χ0v) is 14.6. The molecule has 0 spiro atoms. The van der Waals surface area contributed by atoms with Crippen LogP contribution in [0.3, 0.4) is 0 Å². The molecule has 1 unspecified atom stereocenters. The molecule has 4 nitrogen and oxygen atoms in total. The third-order valence-electron chi connectivity index (χ3n) is 4.99. The number of benzene rings is 1. The van der Waals surface area contributed by atoms with Crippen molar-refractivity contribution < 1.29 is 14.7 Å². The number of amides is 1. The molecule has 1 amide bonds. The van der Waals surface area contributed by atoms with Gasteiger partial charge in [-0.05, 0) is 54.0 Å². The lowest BCUT2D eigenvalue weighted by atomic mass is 9.82. The molecule has 1 aliphatic rings. The van der Waals surface area contributed by atoms with Gasteiger partial charge in [0, 0.05) is 17.0 Å². The van der Waals surface area contributed by atoms with Crippen LogP contribution in [0.15, 0.2) is 29.6 Å². The van der Waals surface area contributed by atoms with Gasteiger partial charge in [-0.25, -0.2) is 4.79 Å². The lowest BCUT2D eigenvalue weighted by Gasteiger charge is -2.26. The fourth-order valence-electron chi connectivity index (χ4n) is 3.42. The van der Waals surface area contributed by atoms with Gasteiger partial charge in [0.1, 0.15) is 6.04 Å². The average Bonchev–Trinajstić information content (AvgIpc) is 2.98. The van der Waals surface area contributed by atoms with E-state index in [2.05, 4.69) is 12.2 Å². The Morgan fingerprint density at radius 3 is 2.67 bits per heavy atom. The normalized spacial score (nSPS) is 22.2. The summed E-state index contributed by atoms with van der Waals surface area (Å²) in [7, 11) is 0. The molecule has 1 atom stereocenters. The molecule has 1 saturated carbocycles. The maximum absolute atomic E-state index is 12.4. The smallest absolute Gasteiger partial charge is 0.326 e. The van der Waals surface area contributed by atoms with E-state index in [1.54, 1.807) is 11.3 Å². The van der Waals surface area contributed by atoms with Gasteiger partial charge in [-0.3, -0.25) is 4.79 Å². The summed E-state index contributed by atoms with van der Waals surface area (Å²) in [6, 6.07) is 7.10. The van der Waals surface area contributed by atoms with Crippen molar-refractivity contribution in [2.45, 2.75) is 45.1 Å². The summed E-state index contributed by atoms with van der Waals surface area (Å²) in [4.78, 5) is 24.1. The molecule has 0 aliphatic heterocycles. The Bertz CT molecular complexity index is 731. The van der Waals surface area contributed by atoms with Crippen LogP contribution in [0, 0.1) is 11.8 Å². The van der Waals surface area contributed by atoms with E-state index >= 15 is 0 Å². The molecule has 1 heterocycles. The van der Waals surface area contributed by atoms with Gasteiger partial charge in [0.15, 0.2) is 0 Å². The number of carbonyl (C=O) groups is 2. The van der Waals surface area contributed by atoms with Gasteiger partial charge in [0.2, 0.25) is 5.91 Å². The van der Waals surface area contributed by atoms with E-state index in [1.165, 1.54) is 0 Å². The third-order valence-corrected chi connectivity index (χ3v) is 6.00. The van der Waals surface area contributed by atoms with Gasteiger partial charge in [-0.15, -0.1) is 11.3 Å². The second-order valence-corrected chi connectivity index (χ2v) is 7.73. The largest absolute Gasteiger partial charge is 0.480 e. The molecule has 0 bridgehead atoms. The molecular weight excluding hydrogens is 322 g/mol. The van der Waals surface area contributed by atoms with Crippen LogP contribution >= 0.6 is 11.3 Å². The Balaban J connectivity index is 1.69. The predicted octanol–water partition coefficient (Wildman–Crippen LogP) is 3.84. The number of carbonyl (C=O) groups excluding carboxylic acids is 1. The zero-order valence-electron chi connectivity index (χ0n) is 13.8. The fourth-order valence-corrected chi connectivity index (χ4v) is 4.40. The van der Waals surface area contributed by atoms with Crippen LogP contribution in [0.5, 0.6) is 0 Å². The summed E-state index contributed by atoms with van der Waals surface area (Å²) in [5.74, 6) is -0.444. The average molecular weight is 345 g/mol. The number of rotatable bonds is 5. The summed E-state index contributed by atoms with van der Waals surface area (Å²) < 4.78 is 1.14. The Morgan fingerprint density at radius 1 is 1.25 bits per heavy atom. The topological polar surface area (TPSA) is 66.4 Å². The number of hydrogen-bond donors (Lipinski definition) is 2. The third kappa shape index (κ3) is 3.78. The molecular formula is C19H23NO3S. The Labute approximate surface area is 145 Å². The summed E-state index contributed by atoms with van der Waals surface area (Å²) in [6.07, 6.45) is 4.14. The Morgan fingerprint density at radius 2 is 1.96 bits per heavy atom. The van der Waals surface area contributed by atoms with Crippen molar-refractivity contribution in [2.75, 3.05) is 0 Å². The highest BCUT2D eigenvalue weighted by atomic mass is 32.1. The van der Waals surface area contributed by atoms with Crippen molar-refractivity contribution in [3.05, 3.63) is 35.2 Å². The van der Waals surface area contributed by atoms with E-state index in [4.69, 9.17) is 0 Å². The maximum Gasteiger partial charge on any atom is 0.326 e. The molecule has 0 saturated heterocycles.